The van der Waals surface area contributed by atoms with Crippen LogP contribution in [0.25, 0.3) is 5.70 Å². The molecule has 198 valence electrons. The summed E-state index contributed by atoms with van der Waals surface area (Å²) in [6, 6.07) is 24.5. The third-order valence-corrected chi connectivity index (χ3v) is 6.32. The largest absolute Gasteiger partial charge is 0.494 e. The van der Waals surface area contributed by atoms with Crippen molar-refractivity contribution in [1.29, 1.82) is 0 Å². The molecule has 6 heteroatoms. The van der Waals surface area contributed by atoms with Crippen LogP contribution >= 0.6 is 0 Å². The molecule has 0 fully saturated rings. The number of nitrogens with one attached hydrogen (secondary N) is 2. The smallest absolute Gasteiger partial charge is 0.160 e. The molecule has 0 aliphatic carbocycles. The van der Waals surface area contributed by atoms with Gasteiger partial charge in [0.05, 0.1) is 25.1 Å². The second-order valence-electron chi connectivity index (χ2n) is 9.33. The third kappa shape index (κ3) is 7.72. The van der Waals surface area contributed by atoms with Crippen molar-refractivity contribution in [2.24, 2.45) is 10.1 Å². The molecule has 38 heavy (non-hydrogen) atoms. The number of benzene rings is 3. The third-order valence-electron chi connectivity index (χ3n) is 6.32. The fraction of sp³-hybridized carbons (Fsp3) is 0.312. The number of hydrogen-bond donors (Lipinski definition) is 2. The molecular formula is C32H38N4O2. The van der Waals surface area contributed by atoms with E-state index in [4.69, 9.17) is 14.5 Å². The Kier molecular flexibility index (Phi) is 9.96. The zero-order chi connectivity index (χ0) is 26.6. The van der Waals surface area contributed by atoms with Gasteiger partial charge >= 0.3 is 0 Å². The summed E-state index contributed by atoms with van der Waals surface area (Å²) in [5.41, 5.74) is 9.00. The van der Waals surface area contributed by atoms with Crippen LogP contribution in [-0.4, -0.2) is 25.1 Å². The monoisotopic (exact) mass is 510 g/mol. The van der Waals surface area contributed by atoms with Gasteiger partial charge in [-0.3, -0.25) is 10.4 Å². The minimum absolute atomic E-state index is 0.251. The molecule has 1 aliphatic heterocycles. The van der Waals surface area contributed by atoms with E-state index in [-0.39, 0.29) is 6.17 Å². The molecule has 0 bridgehead atoms. The molecule has 0 aromatic heterocycles. The van der Waals surface area contributed by atoms with Crippen molar-refractivity contribution in [3.05, 3.63) is 102 Å². The molecule has 0 saturated carbocycles. The molecule has 0 radical (unpaired) electrons. The number of hydrogen-bond acceptors (Lipinski definition) is 6. The van der Waals surface area contributed by atoms with Crippen LogP contribution in [-0.2, 0) is 6.54 Å². The average molecular weight is 511 g/mol. The fourth-order valence-corrected chi connectivity index (χ4v) is 3.96. The first kappa shape index (κ1) is 27.0. The fourth-order valence-electron chi connectivity index (χ4n) is 3.96. The minimum Gasteiger partial charge on any atom is -0.494 e. The second-order valence-corrected chi connectivity index (χ2v) is 9.33. The lowest BCUT2D eigenvalue weighted by atomic mass is 10.0. The van der Waals surface area contributed by atoms with Crippen molar-refractivity contribution in [2.75, 3.05) is 13.2 Å². The summed E-state index contributed by atoms with van der Waals surface area (Å²) in [4.78, 5) is 4.91. The van der Waals surface area contributed by atoms with Crippen LogP contribution in [0.1, 0.15) is 68.0 Å². The van der Waals surface area contributed by atoms with Gasteiger partial charge in [-0.1, -0.05) is 75.7 Å². The van der Waals surface area contributed by atoms with Crippen LogP contribution in [0.15, 0.2) is 89.5 Å². The maximum atomic E-state index is 5.78. The summed E-state index contributed by atoms with van der Waals surface area (Å²) in [6.45, 7) is 10.8. The standard InChI is InChI=1S/C32H38N4O2/c1-4-6-19-37-29-15-11-25(12-16-29)22-33-24(3)27-9-8-10-28(21-27)31-23-34-36-32(35-31)26-13-17-30(18-14-26)38-20-7-5-2/h8-18,21,23,32-33,36H,3-7,19-20,22H2,1-2H3. The van der Waals surface area contributed by atoms with Gasteiger partial charge in [0, 0.05) is 17.8 Å². The van der Waals surface area contributed by atoms with Gasteiger partial charge in [0.15, 0.2) is 6.17 Å². The van der Waals surface area contributed by atoms with E-state index in [1.54, 1.807) is 6.21 Å². The number of aliphatic imine (C=N–C) groups is 1. The quantitative estimate of drug-likeness (QED) is 0.232. The van der Waals surface area contributed by atoms with Crippen molar-refractivity contribution in [1.82, 2.24) is 10.7 Å². The molecule has 3 aromatic rings. The van der Waals surface area contributed by atoms with Crippen LogP contribution < -0.4 is 20.2 Å². The Hall–Kier alpha value is -4.06. The van der Waals surface area contributed by atoms with E-state index >= 15 is 0 Å². The Morgan fingerprint density at radius 1 is 0.895 bits per heavy atom. The molecular weight excluding hydrogens is 472 g/mol. The summed E-state index contributed by atoms with van der Waals surface area (Å²) in [6.07, 6.45) is 5.88. The van der Waals surface area contributed by atoms with E-state index < -0.39 is 0 Å². The van der Waals surface area contributed by atoms with Crippen LogP contribution in [0, 0.1) is 0 Å². The normalized spacial score (nSPS) is 14.4. The summed E-state index contributed by atoms with van der Waals surface area (Å²) in [7, 11) is 0. The van der Waals surface area contributed by atoms with E-state index in [9.17, 15) is 0 Å². The topological polar surface area (TPSA) is 67.2 Å². The Morgan fingerprint density at radius 3 is 2.21 bits per heavy atom. The van der Waals surface area contributed by atoms with Gasteiger partial charge in [0.25, 0.3) is 0 Å². The number of ether oxygens (including phenoxy) is 2. The molecule has 4 rings (SSSR count). The number of rotatable bonds is 14. The number of hydrazone groups is 1. The van der Waals surface area contributed by atoms with E-state index in [0.717, 1.165) is 78.5 Å². The van der Waals surface area contributed by atoms with Gasteiger partial charge in [0.1, 0.15) is 11.5 Å². The van der Waals surface area contributed by atoms with E-state index in [1.807, 2.05) is 48.5 Å². The lowest BCUT2D eigenvalue weighted by Crippen LogP contribution is -2.22. The highest BCUT2D eigenvalue weighted by atomic mass is 16.5. The van der Waals surface area contributed by atoms with Gasteiger partial charge in [-0.25, -0.2) is 0 Å². The van der Waals surface area contributed by atoms with Gasteiger partial charge in [0.2, 0.25) is 0 Å². The molecule has 2 N–H and O–H groups in total. The lowest BCUT2D eigenvalue weighted by molar-refractivity contribution is 0.309. The maximum absolute atomic E-state index is 5.78. The summed E-state index contributed by atoms with van der Waals surface area (Å²) >= 11 is 0. The van der Waals surface area contributed by atoms with Gasteiger partial charge < -0.3 is 14.8 Å². The van der Waals surface area contributed by atoms with Gasteiger partial charge in [-0.15, -0.1) is 0 Å². The zero-order valence-electron chi connectivity index (χ0n) is 22.5. The van der Waals surface area contributed by atoms with Gasteiger partial charge in [-0.2, -0.15) is 5.10 Å². The second kappa shape index (κ2) is 14.0. The summed E-state index contributed by atoms with van der Waals surface area (Å²) in [5, 5.41) is 7.81. The summed E-state index contributed by atoms with van der Waals surface area (Å²) < 4.78 is 11.5. The predicted octanol–water partition coefficient (Wildman–Crippen LogP) is 6.88. The Balaban J connectivity index is 1.36. The molecule has 1 heterocycles. The predicted molar refractivity (Wildman–Crippen MR) is 157 cm³/mol. The van der Waals surface area contributed by atoms with Crippen LogP contribution in [0.5, 0.6) is 11.5 Å². The maximum Gasteiger partial charge on any atom is 0.160 e. The first-order chi connectivity index (χ1) is 18.7. The van der Waals surface area contributed by atoms with Gasteiger partial charge in [-0.05, 0) is 59.9 Å². The van der Waals surface area contributed by atoms with Crippen LogP contribution in [0.4, 0.5) is 0 Å². The Morgan fingerprint density at radius 2 is 1.55 bits per heavy atom. The first-order valence-corrected chi connectivity index (χ1v) is 13.5. The molecule has 0 saturated heterocycles. The van der Waals surface area contributed by atoms with Crippen molar-refractivity contribution >= 4 is 17.6 Å². The Labute approximate surface area is 226 Å². The van der Waals surface area contributed by atoms with E-state index in [2.05, 4.69) is 60.5 Å². The summed E-state index contributed by atoms with van der Waals surface area (Å²) in [5.74, 6) is 1.79. The Bertz CT molecular complexity index is 1230. The van der Waals surface area contributed by atoms with E-state index in [1.165, 1.54) is 5.56 Å². The van der Waals surface area contributed by atoms with Crippen LogP contribution in [0.2, 0.25) is 0 Å². The molecule has 1 atom stereocenters. The lowest BCUT2D eigenvalue weighted by Gasteiger charge is -2.19. The van der Waals surface area contributed by atoms with Crippen LogP contribution in [0.3, 0.4) is 0 Å². The van der Waals surface area contributed by atoms with Crippen molar-refractivity contribution in [3.8, 4) is 11.5 Å². The zero-order valence-corrected chi connectivity index (χ0v) is 22.5. The molecule has 3 aromatic carbocycles. The van der Waals surface area contributed by atoms with Crippen molar-refractivity contribution < 1.29 is 9.47 Å². The van der Waals surface area contributed by atoms with Crippen molar-refractivity contribution in [2.45, 2.75) is 52.2 Å². The van der Waals surface area contributed by atoms with Crippen molar-refractivity contribution in [3.63, 3.8) is 0 Å². The number of unbranched alkanes of at least 4 members (excludes halogenated alkanes) is 2. The first-order valence-electron chi connectivity index (χ1n) is 13.5. The van der Waals surface area contributed by atoms with E-state index in [0.29, 0.717) is 6.54 Å². The molecule has 6 nitrogen and oxygen atoms in total. The molecule has 0 spiro atoms. The highest BCUT2D eigenvalue weighted by Gasteiger charge is 2.15. The molecule has 1 unspecified atom stereocenters. The minimum atomic E-state index is -0.251. The SMILES string of the molecule is C=C(NCc1ccc(OCCCC)cc1)c1cccc(C2=NC(c3ccc(OCCCC)cc3)NN=C2)c1. The average Bonchev–Trinajstić information content (AvgIpc) is 2.97. The molecule has 1 aliphatic rings. The highest BCUT2D eigenvalue weighted by molar-refractivity contribution is 6.38. The number of nitrogens with zero attached hydrogens (tertiary/aromatic N) is 2. The highest BCUT2D eigenvalue weighted by Crippen LogP contribution is 2.22. The molecule has 0 amide bonds.